The van der Waals surface area contributed by atoms with E-state index < -0.39 is 5.97 Å². The van der Waals surface area contributed by atoms with Crippen molar-refractivity contribution in [3.63, 3.8) is 0 Å². The van der Waals surface area contributed by atoms with Crippen molar-refractivity contribution < 1.29 is 14.3 Å². The number of carbonyl (C=O) groups is 1. The molecule has 11 heteroatoms. The number of furan rings is 1. The zero-order valence-corrected chi connectivity index (χ0v) is 21.0. The van der Waals surface area contributed by atoms with E-state index in [1.54, 1.807) is 4.57 Å². The van der Waals surface area contributed by atoms with Crippen LogP contribution >= 0.6 is 27.5 Å². The van der Waals surface area contributed by atoms with Gasteiger partial charge in [-0.1, -0.05) is 59.1 Å². The second-order valence-corrected chi connectivity index (χ2v) is 9.26. The molecule has 0 fully saturated rings. The molecule has 0 bridgehead atoms. The average molecular weight is 556 g/mol. The lowest BCUT2D eigenvalue weighted by Gasteiger charge is -2.10. The molecular formula is C24H20BrClN6O3. The molecule has 0 aliphatic carbocycles. The minimum Gasteiger partial charge on any atom is -0.476 e. The summed E-state index contributed by atoms with van der Waals surface area (Å²) in [4.78, 5) is 16.2. The van der Waals surface area contributed by atoms with Crippen LogP contribution in [0.2, 0.25) is 5.15 Å². The molecule has 3 heterocycles. The molecule has 0 aliphatic rings. The van der Waals surface area contributed by atoms with Gasteiger partial charge in [0, 0.05) is 34.0 Å². The van der Waals surface area contributed by atoms with Gasteiger partial charge >= 0.3 is 5.97 Å². The number of carboxylic acids is 1. The third kappa shape index (κ3) is 4.46. The number of aryl methyl sites for hydroxylation is 1. The van der Waals surface area contributed by atoms with Crippen LogP contribution in [-0.4, -0.2) is 41.3 Å². The van der Waals surface area contributed by atoms with Crippen molar-refractivity contribution in [1.29, 1.82) is 0 Å². The highest BCUT2D eigenvalue weighted by Gasteiger charge is 2.22. The molecule has 9 nitrogen and oxygen atoms in total. The Morgan fingerprint density at radius 1 is 1.26 bits per heavy atom. The Hall–Kier alpha value is -3.50. The minimum atomic E-state index is -1.10. The summed E-state index contributed by atoms with van der Waals surface area (Å²) < 4.78 is 8.69. The quantitative estimate of drug-likeness (QED) is 0.241. The van der Waals surface area contributed by atoms with E-state index in [4.69, 9.17) is 16.0 Å². The molecule has 178 valence electrons. The number of hydrogen-bond acceptors (Lipinski definition) is 6. The van der Waals surface area contributed by atoms with Gasteiger partial charge in [0.15, 0.2) is 10.8 Å². The summed E-state index contributed by atoms with van der Waals surface area (Å²) in [6.45, 7) is 2.41. The number of aromatic nitrogens is 6. The summed E-state index contributed by atoms with van der Waals surface area (Å²) in [5.41, 5.74) is 3.19. The highest BCUT2D eigenvalue weighted by molar-refractivity contribution is 9.10. The molecule has 2 aromatic carbocycles. The summed E-state index contributed by atoms with van der Waals surface area (Å²) in [5, 5.41) is 25.0. The maximum atomic E-state index is 11.9. The van der Waals surface area contributed by atoms with E-state index in [0.717, 1.165) is 39.4 Å². The van der Waals surface area contributed by atoms with E-state index in [9.17, 15) is 9.90 Å². The lowest BCUT2D eigenvalue weighted by Crippen LogP contribution is -2.13. The Labute approximate surface area is 213 Å². The second-order valence-electron chi connectivity index (χ2n) is 8.04. The largest absolute Gasteiger partial charge is 0.476 e. The molecule has 5 aromatic rings. The summed E-state index contributed by atoms with van der Waals surface area (Å²) in [6.07, 6.45) is 2.52. The maximum Gasteiger partial charge on any atom is 0.355 e. The lowest BCUT2D eigenvalue weighted by atomic mass is 10.0. The highest BCUT2D eigenvalue weighted by Crippen LogP contribution is 2.39. The van der Waals surface area contributed by atoms with Gasteiger partial charge in [0.25, 0.3) is 0 Å². The molecule has 0 atom stereocenters. The number of aromatic carboxylic acids is 1. The van der Waals surface area contributed by atoms with E-state index >= 15 is 0 Å². The van der Waals surface area contributed by atoms with Crippen molar-refractivity contribution in [2.75, 3.05) is 0 Å². The maximum absolute atomic E-state index is 11.9. The number of imidazole rings is 1. The van der Waals surface area contributed by atoms with Crippen LogP contribution < -0.4 is 0 Å². The second kappa shape index (κ2) is 9.63. The number of unbranched alkanes of at least 4 members (excludes halogenated alkanes) is 1. The standard InChI is InChI=1S/C24H20BrClN6O3/c1-2-3-7-19-27-22(26)21(24(33)34)32(19)12-13-8-9-17-14(10-13)11-18(35-17)20-15(5-4-6-16(20)25)23-28-30-31-29-23/h4-6,8-11H,2-3,7,12H2,1H3,(H,33,34)(H,28,29,30,31). The zero-order chi connectivity index (χ0) is 24.5. The molecular weight excluding hydrogens is 536 g/mol. The minimum absolute atomic E-state index is 0.00344. The van der Waals surface area contributed by atoms with Crippen LogP contribution in [0, 0.1) is 0 Å². The zero-order valence-electron chi connectivity index (χ0n) is 18.6. The van der Waals surface area contributed by atoms with Gasteiger partial charge in [0.05, 0.1) is 0 Å². The number of rotatable bonds is 8. The predicted octanol–water partition coefficient (Wildman–Crippen LogP) is 5.98. The van der Waals surface area contributed by atoms with Crippen molar-refractivity contribution in [3.8, 4) is 22.7 Å². The number of H-pyrrole nitrogens is 1. The van der Waals surface area contributed by atoms with E-state index in [1.165, 1.54) is 0 Å². The van der Waals surface area contributed by atoms with Gasteiger partial charge in [-0.05, 0) is 41.5 Å². The van der Waals surface area contributed by atoms with E-state index in [1.807, 2.05) is 42.5 Å². The van der Waals surface area contributed by atoms with Gasteiger partial charge in [-0.25, -0.2) is 9.78 Å². The first-order chi connectivity index (χ1) is 17.0. The molecule has 0 saturated heterocycles. The molecule has 0 unspecified atom stereocenters. The summed E-state index contributed by atoms with van der Waals surface area (Å²) >= 11 is 9.79. The Kier molecular flexibility index (Phi) is 6.40. The number of aromatic amines is 1. The Morgan fingerprint density at radius 2 is 2.11 bits per heavy atom. The van der Waals surface area contributed by atoms with Crippen LogP contribution in [0.5, 0.6) is 0 Å². The van der Waals surface area contributed by atoms with Crippen LogP contribution in [0.25, 0.3) is 33.7 Å². The van der Waals surface area contributed by atoms with Crippen molar-refractivity contribution in [2.24, 2.45) is 0 Å². The summed E-state index contributed by atoms with van der Waals surface area (Å²) in [7, 11) is 0. The highest BCUT2D eigenvalue weighted by atomic mass is 79.9. The van der Waals surface area contributed by atoms with Gasteiger partial charge in [-0.3, -0.25) is 0 Å². The van der Waals surface area contributed by atoms with Crippen molar-refractivity contribution >= 4 is 44.5 Å². The van der Waals surface area contributed by atoms with Gasteiger partial charge in [0.1, 0.15) is 17.2 Å². The van der Waals surface area contributed by atoms with Crippen molar-refractivity contribution in [3.05, 3.63) is 69.2 Å². The molecule has 0 radical (unpaired) electrons. The number of nitrogens with zero attached hydrogens (tertiary/aromatic N) is 5. The first-order valence-corrected chi connectivity index (χ1v) is 12.2. The molecule has 2 N–H and O–H groups in total. The Bertz CT molecular complexity index is 1530. The van der Waals surface area contributed by atoms with E-state index in [2.05, 4.69) is 48.5 Å². The third-order valence-corrected chi connectivity index (χ3v) is 6.65. The molecule has 0 amide bonds. The van der Waals surface area contributed by atoms with Crippen LogP contribution in [0.15, 0.2) is 51.4 Å². The first-order valence-electron chi connectivity index (χ1n) is 11.0. The fourth-order valence-electron chi connectivity index (χ4n) is 4.10. The Balaban J connectivity index is 1.54. The lowest BCUT2D eigenvalue weighted by molar-refractivity contribution is 0.0685. The Morgan fingerprint density at radius 3 is 2.86 bits per heavy atom. The van der Waals surface area contributed by atoms with Crippen molar-refractivity contribution in [1.82, 2.24) is 30.2 Å². The third-order valence-electron chi connectivity index (χ3n) is 5.73. The SMILES string of the molecule is CCCCc1nc(Cl)c(C(=O)O)n1Cc1ccc2oc(-c3c(Br)cccc3-c3nn[nH]n3)cc2c1. The predicted molar refractivity (Wildman–Crippen MR) is 134 cm³/mol. The molecule has 5 rings (SSSR count). The van der Waals surface area contributed by atoms with Gasteiger partial charge < -0.3 is 14.1 Å². The topological polar surface area (TPSA) is 123 Å². The fourth-order valence-corrected chi connectivity index (χ4v) is 4.94. The van der Waals surface area contributed by atoms with Crippen LogP contribution in [-0.2, 0) is 13.0 Å². The van der Waals surface area contributed by atoms with Crippen LogP contribution in [0.1, 0.15) is 41.6 Å². The average Bonchev–Trinajstić information content (AvgIpc) is 3.56. The van der Waals surface area contributed by atoms with Crippen molar-refractivity contribution in [2.45, 2.75) is 32.7 Å². The number of nitrogens with one attached hydrogen (secondary N) is 1. The number of benzene rings is 2. The molecule has 3 aromatic heterocycles. The van der Waals surface area contributed by atoms with Crippen LogP contribution in [0.3, 0.4) is 0 Å². The summed E-state index contributed by atoms with van der Waals surface area (Å²) in [6, 6.07) is 13.4. The molecule has 0 spiro atoms. The summed E-state index contributed by atoms with van der Waals surface area (Å²) in [5.74, 6) is 0.672. The smallest absolute Gasteiger partial charge is 0.355 e. The number of carboxylic acid groups (broad SMARTS) is 1. The number of tetrazole rings is 1. The first kappa shape index (κ1) is 23.3. The van der Waals surface area contributed by atoms with Crippen LogP contribution in [0.4, 0.5) is 0 Å². The van der Waals surface area contributed by atoms with Gasteiger partial charge in [-0.2, -0.15) is 5.21 Å². The van der Waals surface area contributed by atoms with E-state index in [-0.39, 0.29) is 10.8 Å². The number of halogens is 2. The monoisotopic (exact) mass is 554 g/mol. The molecule has 35 heavy (non-hydrogen) atoms. The van der Waals surface area contributed by atoms with E-state index in [0.29, 0.717) is 36.0 Å². The van der Waals surface area contributed by atoms with Gasteiger partial charge in [-0.15, -0.1) is 10.2 Å². The number of fused-ring (bicyclic) bond motifs is 1. The molecule has 0 saturated carbocycles. The molecule has 0 aliphatic heterocycles. The normalized spacial score (nSPS) is 11.4. The van der Waals surface area contributed by atoms with Gasteiger partial charge in [0.2, 0.25) is 5.82 Å². The fraction of sp³-hybridized carbons (Fsp3) is 0.208. The number of hydrogen-bond donors (Lipinski definition) is 2.